The van der Waals surface area contributed by atoms with E-state index in [1.165, 1.54) is 6.92 Å². The average molecular weight is 357 g/mol. The first-order valence-electron chi connectivity index (χ1n) is 8.55. The topological polar surface area (TPSA) is 89.0 Å². The zero-order chi connectivity index (χ0) is 18.9. The minimum Gasteiger partial charge on any atom is -0.450 e. The predicted octanol–water partition coefficient (Wildman–Crippen LogP) is 4.29. The number of amides is 1. The lowest BCUT2D eigenvalue weighted by Gasteiger charge is -2.21. The first kappa shape index (κ1) is 19.2. The van der Waals surface area contributed by atoms with E-state index in [0.717, 1.165) is 5.69 Å². The van der Waals surface area contributed by atoms with Crippen LogP contribution in [0.25, 0.3) is 0 Å². The van der Waals surface area contributed by atoms with Crippen molar-refractivity contribution in [1.82, 2.24) is 5.32 Å². The number of fused-ring (bicyclic) bond motifs is 2. The molecule has 1 atom stereocenters. The highest BCUT2D eigenvalue weighted by Crippen LogP contribution is 2.45. The number of anilines is 1. The molecule has 0 saturated heterocycles. The summed E-state index contributed by atoms with van der Waals surface area (Å²) in [5.41, 5.74) is 0.771. The van der Waals surface area contributed by atoms with Gasteiger partial charge in [-0.1, -0.05) is 31.2 Å². The van der Waals surface area contributed by atoms with Gasteiger partial charge < -0.3 is 20.1 Å². The van der Waals surface area contributed by atoms with Gasteiger partial charge in [-0.05, 0) is 24.3 Å². The van der Waals surface area contributed by atoms with E-state index in [-0.39, 0.29) is 12.5 Å². The number of nitrogens with one attached hydrogen (secondary N) is 2. The molecule has 0 saturated carbocycles. The summed E-state index contributed by atoms with van der Waals surface area (Å²) in [4.78, 5) is 21.7. The van der Waals surface area contributed by atoms with Crippen LogP contribution in [0.2, 0.25) is 0 Å². The monoisotopic (exact) mass is 357 g/mol. The smallest absolute Gasteiger partial charge is 0.216 e. The van der Waals surface area contributed by atoms with Crippen molar-refractivity contribution >= 4 is 11.6 Å². The Balaban J connectivity index is 0.00000117. The highest BCUT2D eigenvalue weighted by molar-refractivity contribution is 5.72. The highest BCUT2D eigenvalue weighted by Gasteiger charge is 2.18. The van der Waals surface area contributed by atoms with E-state index >= 15 is 0 Å². The number of para-hydroxylation sites is 2. The predicted molar refractivity (Wildman–Crippen MR) is 101 cm³/mol. The molecule has 1 unspecified atom stereocenters. The Bertz CT molecular complexity index is 764. The van der Waals surface area contributed by atoms with E-state index in [4.69, 9.17) is 9.47 Å². The van der Waals surface area contributed by atoms with E-state index in [1.54, 1.807) is 12.1 Å². The molecule has 26 heavy (non-hydrogen) atoms. The van der Waals surface area contributed by atoms with E-state index in [1.807, 2.05) is 44.2 Å². The van der Waals surface area contributed by atoms with Gasteiger partial charge in [-0.3, -0.25) is 4.79 Å². The Hall–Kier alpha value is -3.09. The zero-order valence-electron chi connectivity index (χ0n) is 15.1. The van der Waals surface area contributed by atoms with Gasteiger partial charge in [-0.25, -0.2) is 0 Å². The Kier molecular flexibility index (Phi) is 6.96. The van der Waals surface area contributed by atoms with Gasteiger partial charge >= 0.3 is 0 Å². The second-order valence-corrected chi connectivity index (χ2v) is 5.39. The standard InChI is InChI=1S/C17H17N3O4.C2H6/c1-11(21)18-9-13(20-22)10-19-12-6-7-16-17(8-12)24-15-5-3-2-4-14(15)23-16;1-2/h2-8,13,19H,9-10H2,1H3,(H,18,21);1-2H3. The van der Waals surface area contributed by atoms with Gasteiger partial charge in [0.2, 0.25) is 5.91 Å². The summed E-state index contributed by atoms with van der Waals surface area (Å²) in [5.74, 6) is 2.35. The minimum atomic E-state index is -0.553. The van der Waals surface area contributed by atoms with Gasteiger partial charge in [0, 0.05) is 31.8 Å². The van der Waals surface area contributed by atoms with E-state index in [2.05, 4.69) is 15.8 Å². The van der Waals surface area contributed by atoms with Crippen LogP contribution in [-0.2, 0) is 4.79 Å². The number of rotatable bonds is 6. The molecule has 0 spiro atoms. The molecule has 7 nitrogen and oxygen atoms in total. The maximum Gasteiger partial charge on any atom is 0.216 e. The Morgan fingerprint density at radius 2 is 1.62 bits per heavy atom. The lowest BCUT2D eigenvalue weighted by atomic mass is 10.2. The average Bonchev–Trinajstić information content (AvgIpc) is 2.67. The number of nitroso groups, excluding NO2 is 1. The van der Waals surface area contributed by atoms with Crippen LogP contribution in [0.4, 0.5) is 5.69 Å². The molecule has 0 aromatic heterocycles. The van der Waals surface area contributed by atoms with Crippen molar-refractivity contribution in [2.75, 3.05) is 18.4 Å². The molecule has 3 rings (SSSR count). The van der Waals surface area contributed by atoms with Crippen LogP contribution in [0.1, 0.15) is 20.8 Å². The molecular formula is C19H23N3O4. The molecular weight excluding hydrogens is 334 g/mol. The summed E-state index contributed by atoms with van der Waals surface area (Å²) in [6.45, 7) is 5.90. The van der Waals surface area contributed by atoms with Gasteiger partial charge in [0.15, 0.2) is 23.0 Å². The number of nitrogens with zero attached hydrogens (tertiary/aromatic N) is 1. The Morgan fingerprint density at radius 1 is 1.00 bits per heavy atom. The summed E-state index contributed by atoms with van der Waals surface area (Å²) in [5, 5.41) is 8.70. The highest BCUT2D eigenvalue weighted by atomic mass is 16.6. The molecule has 0 aliphatic carbocycles. The first-order chi connectivity index (χ1) is 12.7. The van der Waals surface area contributed by atoms with Crippen LogP contribution in [0.5, 0.6) is 23.0 Å². The van der Waals surface area contributed by atoms with Crippen molar-refractivity contribution in [2.45, 2.75) is 26.8 Å². The molecule has 1 amide bonds. The molecule has 7 heteroatoms. The lowest BCUT2D eigenvalue weighted by molar-refractivity contribution is -0.119. The Labute approximate surface area is 152 Å². The van der Waals surface area contributed by atoms with Crippen LogP contribution in [0.15, 0.2) is 47.6 Å². The molecule has 0 fully saturated rings. The third kappa shape index (κ3) is 4.95. The van der Waals surface area contributed by atoms with Crippen LogP contribution < -0.4 is 20.1 Å². The van der Waals surface area contributed by atoms with Gasteiger partial charge in [0.1, 0.15) is 6.04 Å². The van der Waals surface area contributed by atoms with Crippen LogP contribution in [0, 0.1) is 4.91 Å². The Morgan fingerprint density at radius 3 is 2.23 bits per heavy atom. The quantitative estimate of drug-likeness (QED) is 0.642. The van der Waals surface area contributed by atoms with Crippen molar-refractivity contribution in [3.05, 3.63) is 47.4 Å². The lowest BCUT2D eigenvalue weighted by Crippen LogP contribution is -2.33. The maximum atomic E-state index is 10.9. The molecule has 0 bridgehead atoms. The van der Waals surface area contributed by atoms with E-state index < -0.39 is 6.04 Å². The van der Waals surface area contributed by atoms with E-state index in [0.29, 0.717) is 29.5 Å². The second kappa shape index (κ2) is 9.41. The van der Waals surface area contributed by atoms with E-state index in [9.17, 15) is 9.70 Å². The normalized spacial score (nSPS) is 12.0. The number of ether oxygens (including phenoxy) is 2. The third-order valence-corrected chi connectivity index (χ3v) is 3.51. The number of hydrogen-bond donors (Lipinski definition) is 2. The fourth-order valence-corrected chi connectivity index (χ4v) is 2.28. The first-order valence-corrected chi connectivity index (χ1v) is 8.55. The largest absolute Gasteiger partial charge is 0.450 e. The van der Waals surface area contributed by atoms with Crippen molar-refractivity contribution in [3.63, 3.8) is 0 Å². The third-order valence-electron chi connectivity index (χ3n) is 3.51. The molecule has 0 radical (unpaired) electrons. The van der Waals surface area contributed by atoms with Crippen molar-refractivity contribution in [2.24, 2.45) is 5.18 Å². The molecule has 1 aliphatic heterocycles. The van der Waals surface area contributed by atoms with Crippen molar-refractivity contribution in [3.8, 4) is 23.0 Å². The molecule has 1 aliphatic rings. The number of benzene rings is 2. The minimum absolute atomic E-state index is 0.193. The fraction of sp³-hybridized carbons (Fsp3) is 0.316. The van der Waals surface area contributed by atoms with Gasteiger partial charge in [0.25, 0.3) is 0 Å². The summed E-state index contributed by atoms with van der Waals surface area (Å²) >= 11 is 0. The van der Waals surface area contributed by atoms with Crippen molar-refractivity contribution in [1.29, 1.82) is 0 Å². The fourth-order valence-electron chi connectivity index (χ4n) is 2.28. The summed E-state index contributed by atoms with van der Waals surface area (Å²) in [6, 6.07) is 12.3. The summed E-state index contributed by atoms with van der Waals surface area (Å²) in [6.07, 6.45) is 0. The second-order valence-electron chi connectivity index (χ2n) is 5.39. The van der Waals surface area contributed by atoms with Crippen LogP contribution >= 0.6 is 0 Å². The van der Waals surface area contributed by atoms with Crippen LogP contribution in [0.3, 0.4) is 0 Å². The molecule has 1 heterocycles. The van der Waals surface area contributed by atoms with Gasteiger partial charge in [-0.2, -0.15) is 4.91 Å². The summed E-state index contributed by atoms with van der Waals surface area (Å²) in [7, 11) is 0. The summed E-state index contributed by atoms with van der Waals surface area (Å²) < 4.78 is 11.6. The van der Waals surface area contributed by atoms with Crippen molar-refractivity contribution < 1.29 is 14.3 Å². The molecule has 2 aromatic rings. The molecule has 2 N–H and O–H groups in total. The number of hydrogen-bond acceptors (Lipinski definition) is 6. The van der Waals surface area contributed by atoms with Gasteiger partial charge in [-0.15, -0.1) is 0 Å². The molecule has 138 valence electrons. The number of carbonyl (C=O) groups excluding carboxylic acids is 1. The maximum absolute atomic E-state index is 10.9. The zero-order valence-corrected chi connectivity index (χ0v) is 15.1. The van der Waals surface area contributed by atoms with Crippen LogP contribution in [-0.4, -0.2) is 25.0 Å². The van der Waals surface area contributed by atoms with Gasteiger partial charge in [0.05, 0.1) is 0 Å². The number of carbonyl (C=O) groups is 1. The molecule has 2 aromatic carbocycles. The SMILES string of the molecule is CC.CC(=O)NCC(CNc1ccc2c(c1)Oc1ccccc1O2)N=O.